The Morgan fingerprint density at radius 3 is 1.09 bits per heavy atom. The SMILES string of the molecule is CCCCCCCC(=O)OC[C@H](COP(=O)(O)OC[C@@H](O)COP(=O)(O)OC[C@@H](COC(=O)CCCCCC)OC(=O)CCCCC)OC(=O)CCCCCC. The van der Waals surface area contributed by atoms with Crippen LogP contribution in [0.4, 0.5) is 0 Å². The fraction of sp³-hybridized carbons (Fsp3) is 0.892. The first kappa shape index (κ1) is 54.1. The maximum absolute atomic E-state index is 12.6. The van der Waals surface area contributed by atoms with Crippen LogP contribution in [0, 0.1) is 0 Å². The molecule has 0 fully saturated rings. The van der Waals surface area contributed by atoms with Gasteiger partial charge in [-0.1, -0.05) is 105 Å². The standard InChI is InChI=1S/C37H70O17P2/c1-5-9-13-16-20-22-35(40)48-28-33(54-37(42)24-19-15-11-7-3)30-52-56(45,46)50-26-31(38)25-49-55(43,44)51-29-32(53-36(41)23-17-12-8-4)27-47-34(39)21-18-14-10-6-2/h31-33,38H,5-30H2,1-4H3,(H,43,44)(H,45,46)/t31-,32+,33+/m0/s1. The van der Waals surface area contributed by atoms with E-state index in [4.69, 9.17) is 37.0 Å². The van der Waals surface area contributed by atoms with E-state index in [2.05, 4.69) is 6.92 Å². The van der Waals surface area contributed by atoms with E-state index in [1.165, 1.54) is 0 Å². The summed E-state index contributed by atoms with van der Waals surface area (Å²) in [5.74, 6) is -2.25. The van der Waals surface area contributed by atoms with E-state index in [9.17, 15) is 43.2 Å². The zero-order valence-electron chi connectivity index (χ0n) is 34.1. The number of carbonyl (C=O) groups excluding carboxylic acids is 4. The Kier molecular flexibility index (Phi) is 32.8. The summed E-state index contributed by atoms with van der Waals surface area (Å²) >= 11 is 0. The second-order valence-electron chi connectivity index (χ2n) is 13.6. The summed E-state index contributed by atoms with van der Waals surface area (Å²) < 4.78 is 65.6. The molecule has 5 atom stereocenters. The third kappa shape index (κ3) is 33.1. The Morgan fingerprint density at radius 1 is 0.429 bits per heavy atom. The number of esters is 4. The van der Waals surface area contributed by atoms with Gasteiger partial charge in [0.25, 0.3) is 0 Å². The summed E-state index contributed by atoms with van der Waals surface area (Å²) in [6, 6.07) is 0. The zero-order chi connectivity index (χ0) is 42.1. The Bertz CT molecular complexity index is 1150. The first-order valence-corrected chi connectivity index (χ1v) is 23.3. The lowest BCUT2D eigenvalue weighted by atomic mass is 10.1. The van der Waals surface area contributed by atoms with Crippen LogP contribution in [-0.4, -0.2) is 96.7 Å². The number of carbonyl (C=O) groups is 4. The lowest BCUT2D eigenvalue weighted by Crippen LogP contribution is -2.30. The molecule has 0 rings (SSSR count). The van der Waals surface area contributed by atoms with Crippen LogP contribution in [0.25, 0.3) is 0 Å². The topological polar surface area (TPSA) is 237 Å². The van der Waals surface area contributed by atoms with Gasteiger partial charge in [-0.05, 0) is 25.7 Å². The lowest BCUT2D eigenvalue weighted by Gasteiger charge is -2.21. The van der Waals surface area contributed by atoms with Crippen molar-refractivity contribution in [3.05, 3.63) is 0 Å². The van der Waals surface area contributed by atoms with Gasteiger partial charge in [0, 0.05) is 25.7 Å². The van der Waals surface area contributed by atoms with E-state index >= 15 is 0 Å². The normalized spacial score (nSPS) is 15.2. The molecule has 0 amide bonds. The molecule has 0 saturated carbocycles. The van der Waals surface area contributed by atoms with Crippen molar-refractivity contribution in [1.82, 2.24) is 0 Å². The molecule has 0 heterocycles. The first-order chi connectivity index (χ1) is 26.7. The van der Waals surface area contributed by atoms with E-state index in [-0.39, 0.29) is 25.7 Å². The molecule has 0 radical (unpaired) electrons. The van der Waals surface area contributed by atoms with Gasteiger partial charge in [-0.3, -0.25) is 37.3 Å². The van der Waals surface area contributed by atoms with Crippen molar-refractivity contribution in [2.24, 2.45) is 0 Å². The molecule has 19 heteroatoms. The average molecular weight is 849 g/mol. The molecule has 0 aliphatic rings. The zero-order valence-corrected chi connectivity index (χ0v) is 35.9. The number of phosphoric ester groups is 2. The molecule has 0 saturated heterocycles. The number of unbranched alkanes of at least 4 members (excludes halogenated alkanes) is 12. The Morgan fingerprint density at radius 2 is 0.714 bits per heavy atom. The summed E-state index contributed by atoms with van der Waals surface area (Å²) in [5, 5.41) is 10.2. The third-order valence-electron chi connectivity index (χ3n) is 8.10. The third-order valence-corrected chi connectivity index (χ3v) is 10.0. The number of ether oxygens (including phenoxy) is 4. The van der Waals surface area contributed by atoms with Crippen molar-refractivity contribution in [3.8, 4) is 0 Å². The Labute approximate surface area is 333 Å². The van der Waals surface area contributed by atoms with Crippen LogP contribution in [0.15, 0.2) is 0 Å². The minimum atomic E-state index is -4.89. The van der Waals surface area contributed by atoms with Crippen molar-refractivity contribution in [1.29, 1.82) is 0 Å². The molecule has 0 aliphatic carbocycles. The second-order valence-corrected chi connectivity index (χ2v) is 16.5. The van der Waals surface area contributed by atoms with Gasteiger partial charge in [0.2, 0.25) is 0 Å². The van der Waals surface area contributed by atoms with Crippen molar-refractivity contribution in [3.63, 3.8) is 0 Å². The number of rotatable bonds is 38. The summed E-state index contributed by atoms with van der Waals surface area (Å²) in [4.78, 5) is 69.4. The van der Waals surface area contributed by atoms with Gasteiger partial charge < -0.3 is 33.8 Å². The number of aliphatic hydroxyl groups excluding tert-OH is 1. The Hall–Kier alpha value is -1.94. The van der Waals surface area contributed by atoms with Crippen LogP contribution in [-0.2, 0) is 65.4 Å². The fourth-order valence-electron chi connectivity index (χ4n) is 4.86. The van der Waals surface area contributed by atoms with Gasteiger partial charge >= 0.3 is 39.5 Å². The van der Waals surface area contributed by atoms with E-state index in [1.807, 2.05) is 20.8 Å². The van der Waals surface area contributed by atoms with Gasteiger partial charge in [-0.2, -0.15) is 0 Å². The number of hydrogen-bond donors (Lipinski definition) is 3. The molecule has 0 aromatic heterocycles. The predicted molar refractivity (Wildman–Crippen MR) is 206 cm³/mol. The number of hydrogen-bond acceptors (Lipinski definition) is 15. The average Bonchev–Trinajstić information content (AvgIpc) is 3.15. The monoisotopic (exact) mass is 848 g/mol. The Balaban J connectivity index is 5.04. The maximum atomic E-state index is 12.6. The predicted octanol–water partition coefficient (Wildman–Crippen LogP) is 7.41. The van der Waals surface area contributed by atoms with Crippen LogP contribution >= 0.6 is 15.6 Å². The van der Waals surface area contributed by atoms with Crippen LogP contribution in [0.3, 0.4) is 0 Å². The highest BCUT2D eigenvalue weighted by Gasteiger charge is 2.30. The molecule has 3 N–H and O–H groups in total. The molecular weight excluding hydrogens is 778 g/mol. The molecule has 2 unspecified atom stereocenters. The van der Waals surface area contributed by atoms with Crippen LogP contribution in [0.5, 0.6) is 0 Å². The summed E-state index contributed by atoms with van der Waals surface area (Å²) in [6.45, 7) is 4.12. The van der Waals surface area contributed by atoms with Gasteiger partial charge in [0.1, 0.15) is 19.3 Å². The highest BCUT2D eigenvalue weighted by molar-refractivity contribution is 7.47. The van der Waals surface area contributed by atoms with Gasteiger partial charge in [-0.25, -0.2) is 9.13 Å². The molecule has 330 valence electrons. The van der Waals surface area contributed by atoms with E-state index in [0.29, 0.717) is 25.7 Å². The number of aliphatic hydroxyl groups is 1. The largest absolute Gasteiger partial charge is 0.472 e. The van der Waals surface area contributed by atoms with Crippen molar-refractivity contribution in [2.75, 3.05) is 39.6 Å². The lowest BCUT2D eigenvalue weighted by molar-refractivity contribution is -0.161. The molecule has 0 aromatic carbocycles. The van der Waals surface area contributed by atoms with Crippen molar-refractivity contribution in [2.45, 2.75) is 174 Å². The molecular formula is C37H70O17P2. The highest BCUT2D eigenvalue weighted by atomic mass is 31.2. The highest BCUT2D eigenvalue weighted by Crippen LogP contribution is 2.45. The van der Waals surface area contributed by atoms with Gasteiger partial charge in [0.05, 0.1) is 26.4 Å². The first-order valence-electron chi connectivity index (χ1n) is 20.3. The fourth-order valence-corrected chi connectivity index (χ4v) is 6.44. The van der Waals surface area contributed by atoms with Crippen LogP contribution in [0.1, 0.15) is 156 Å². The second kappa shape index (κ2) is 34.0. The molecule has 0 aromatic rings. The maximum Gasteiger partial charge on any atom is 0.472 e. The molecule has 0 bridgehead atoms. The summed E-state index contributed by atoms with van der Waals surface area (Å²) in [5.41, 5.74) is 0. The molecule has 17 nitrogen and oxygen atoms in total. The van der Waals surface area contributed by atoms with E-state index in [1.54, 1.807) is 0 Å². The molecule has 0 spiro atoms. The van der Waals surface area contributed by atoms with E-state index < -0.39 is 97.5 Å². The van der Waals surface area contributed by atoms with Gasteiger partial charge in [0.15, 0.2) is 12.2 Å². The quantitative estimate of drug-likeness (QED) is 0.0237. The van der Waals surface area contributed by atoms with Crippen LogP contribution in [0.2, 0.25) is 0 Å². The summed E-state index contributed by atoms with van der Waals surface area (Å²) in [7, 11) is -9.78. The molecule has 0 aliphatic heterocycles. The van der Waals surface area contributed by atoms with Crippen LogP contribution < -0.4 is 0 Å². The minimum absolute atomic E-state index is 0.0881. The number of phosphoric acid groups is 2. The minimum Gasteiger partial charge on any atom is -0.462 e. The van der Waals surface area contributed by atoms with Crippen molar-refractivity contribution >= 4 is 39.5 Å². The van der Waals surface area contributed by atoms with E-state index in [0.717, 1.165) is 77.0 Å². The molecule has 56 heavy (non-hydrogen) atoms. The van der Waals surface area contributed by atoms with Gasteiger partial charge in [-0.15, -0.1) is 0 Å². The smallest absolute Gasteiger partial charge is 0.462 e. The summed E-state index contributed by atoms with van der Waals surface area (Å²) in [6.07, 6.45) is 9.91. The van der Waals surface area contributed by atoms with Crippen molar-refractivity contribution < 1.29 is 80.2 Å².